The van der Waals surface area contributed by atoms with E-state index in [0.717, 1.165) is 21.1 Å². The number of primary amides is 1. The van der Waals surface area contributed by atoms with Gasteiger partial charge in [-0.2, -0.15) is 0 Å². The molecule has 1 amide bonds. The molecule has 0 aliphatic carbocycles. The van der Waals surface area contributed by atoms with Gasteiger partial charge in [0.05, 0.1) is 24.0 Å². The number of fused-ring (bicyclic) bond motifs is 1. The Bertz CT molecular complexity index is 1130. The third kappa shape index (κ3) is 2.97. The standard InChI is InChI=1S/C17H12N4O2S2/c18-14(22)10-1-3-11(4-2-10)15-20-12(8-25-15)7-21-9-19-16-13(17(21)23)5-6-24-16/h1-6,8-9H,7H2,(H2,18,22). The van der Waals surface area contributed by atoms with Gasteiger partial charge in [-0.25, -0.2) is 9.97 Å². The molecule has 3 heterocycles. The van der Waals surface area contributed by atoms with Crippen LogP contribution in [-0.2, 0) is 6.54 Å². The Morgan fingerprint density at radius 1 is 1.16 bits per heavy atom. The number of hydrogen-bond donors (Lipinski definition) is 1. The van der Waals surface area contributed by atoms with E-state index in [-0.39, 0.29) is 5.56 Å². The Morgan fingerprint density at radius 3 is 2.72 bits per heavy atom. The molecule has 0 fully saturated rings. The molecule has 0 spiro atoms. The zero-order valence-corrected chi connectivity index (χ0v) is 14.5. The van der Waals surface area contributed by atoms with Gasteiger partial charge in [-0.15, -0.1) is 22.7 Å². The number of thiazole rings is 1. The Hall–Kier alpha value is -2.84. The first-order valence-electron chi connectivity index (χ1n) is 7.39. The fourth-order valence-corrected chi connectivity index (χ4v) is 4.01. The number of carbonyl (C=O) groups excluding carboxylic acids is 1. The second kappa shape index (κ2) is 6.23. The minimum Gasteiger partial charge on any atom is -0.366 e. The SMILES string of the molecule is NC(=O)c1ccc(-c2nc(Cn3cnc4sccc4c3=O)cs2)cc1. The van der Waals surface area contributed by atoms with E-state index in [0.29, 0.717) is 17.5 Å². The van der Waals surface area contributed by atoms with Crippen molar-refractivity contribution in [2.75, 3.05) is 0 Å². The predicted octanol–water partition coefficient (Wildman–Crippen LogP) is 2.73. The summed E-state index contributed by atoms with van der Waals surface area (Å²) in [5, 5.41) is 5.23. The van der Waals surface area contributed by atoms with Crippen LogP contribution in [0.3, 0.4) is 0 Å². The van der Waals surface area contributed by atoms with Crippen LogP contribution >= 0.6 is 22.7 Å². The van der Waals surface area contributed by atoms with Gasteiger partial charge in [0, 0.05) is 16.5 Å². The number of benzene rings is 1. The first-order chi connectivity index (χ1) is 12.1. The van der Waals surface area contributed by atoms with Gasteiger partial charge >= 0.3 is 0 Å². The first kappa shape index (κ1) is 15.7. The number of thiophene rings is 1. The van der Waals surface area contributed by atoms with Gasteiger partial charge in [0.15, 0.2) is 0 Å². The van der Waals surface area contributed by atoms with Crippen LogP contribution < -0.4 is 11.3 Å². The Kier molecular flexibility index (Phi) is 3.90. The van der Waals surface area contributed by atoms with Crippen LogP contribution in [0.1, 0.15) is 16.1 Å². The summed E-state index contributed by atoms with van der Waals surface area (Å²) in [6.45, 7) is 0.369. The minimum absolute atomic E-state index is 0.0633. The molecule has 1 aromatic carbocycles. The van der Waals surface area contributed by atoms with Gasteiger partial charge in [0.1, 0.15) is 9.84 Å². The zero-order valence-electron chi connectivity index (χ0n) is 12.9. The predicted molar refractivity (Wildman–Crippen MR) is 99.0 cm³/mol. The van der Waals surface area contributed by atoms with Crippen molar-refractivity contribution in [2.24, 2.45) is 5.73 Å². The molecule has 25 heavy (non-hydrogen) atoms. The van der Waals surface area contributed by atoms with Crippen LogP contribution in [0.25, 0.3) is 20.8 Å². The average molecular weight is 368 g/mol. The second-order valence-electron chi connectivity index (χ2n) is 5.40. The van der Waals surface area contributed by atoms with Crippen LogP contribution in [0, 0.1) is 0 Å². The van der Waals surface area contributed by atoms with Crippen molar-refractivity contribution in [2.45, 2.75) is 6.54 Å². The fourth-order valence-electron chi connectivity index (χ4n) is 2.47. The van der Waals surface area contributed by atoms with Crippen LogP contribution in [0.5, 0.6) is 0 Å². The molecule has 0 atom stereocenters. The Balaban J connectivity index is 1.61. The van der Waals surface area contributed by atoms with E-state index in [9.17, 15) is 9.59 Å². The average Bonchev–Trinajstić information content (AvgIpc) is 3.27. The maximum Gasteiger partial charge on any atom is 0.262 e. The molecule has 0 aliphatic rings. The van der Waals surface area contributed by atoms with Gasteiger partial charge < -0.3 is 5.73 Å². The summed E-state index contributed by atoms with van der Waals surface area (Å²) in [7, 11) is 0. The van der Waals surface area contributed by atoms with Gasteiger partial charge in [0.25, 0.3) is 5.56 Å². The summed E-state index contributed by atoms with van der Waals surface area (Å²) in [5.41, 5.74) is 7.34. The molecular formula is C17H12N4O2S2. The van der Waals surface area contributed by atoms with E-state index in [1.54, 1.807) is 29.1 Å². The molecule has 124 valence electrons. The molecule has 0 saturated heterocycles. The lowest BCUT2D eigenvalue weighted by atomic mass is 10.1. The number of rotatable bonds is 4. The third-order valence-electron chi connectivity index (χ3n) is 3.75. The lowest BCUT2D eigenvalue weighted by Gasteiger charge is -2.02. The van der Waals surface area contributed by atoms with Crippen LogP contribution in [0.2, 0.25) is 0 Å². The van der Waals surface area contributed by atoms with Gasteiger partial charge in [-0.3, -0.25) is 14.2 Å². The van der Waals surface area contributed by atoms with Gasteiger partial charge in [-0.1, -0.05) is 12.1 Å². The van der Waals surface area contributed by atoms with E-state index in [2.05, 4.69) is 9.97 Å². The highest BCUT2D eigenvalue weighted by Crippen LogP contribution is 2.24. The lowest BCUT2D eigenvalue weighted by Crippen LogP contribution is -2.20. The molecule has 0 saturated carbocycles. The van der Waals surface area contributed by atoms with Crippen molar-refractivity contribution in [3.05, 3.63) is 69.0 Å². The summed E-state index contributed by atoms with van der Waals surface area (Å²) in [6.07, 6.45) is 1.56. The topological polar surface area (TPSA) is 90.9 Å². The highest BCUT2D eigenvalue weighted by molar-refractivity contribution is 7.16. The van der Waals surface area contributed by atoms with E-state index in [1.165, 1.54) is 22.7 Å². The highest BCUT2D eigenvalue weighted by Gasteiger charge is 2.09. The summed E-state index contributed by atoms with van der Waals surface area (Å²) in [5.74, 6) is -0.456. The summed E-state index contributed by atoms with van der Waals surface area (Å²) < 4.78 is 1.56. The number of hydrogen-bond acceptors (Lipinski definition) is 6. The largest absolute Gasteiger partial charge is 0.366 e. The maximum absolute atomic E-state index is 12.4. The normalized spacial score (nSPS) is 11.0. The van der Waals surface area contributed by atoms with E-state index >= 15 is 0 Å². The molecule has 0 unspecified atom stereocenters. The van der Waals surface area contributed by atoms with E-state index in [4.69, 9.17) is 5.73 Å². The molecule has 0 radical (unpaired) electrons. The summed E-state index contributed by atoms with van der Waals surface area (Å²) >= 11 is 2.94. The fraction of sp³-hybridized carbons (Fsp3) is 0.0588. The molecule has 3 aromatic heterocycles. The van der Waals surface area contributed by atoms with Crippen molar-refractivity contribution in [3.8, 4) is 10.6 Å². The maximum atomic E-state index is 12.4. The Morgan fingerprint density at radius 2 is 1.96 bits per heavy atom. The van der Waals surface area contributed by atoms with E-state index in [1.807, 2.05) is 22.9 Å². The molecule has 8 heteroatoms. The number of carbonyl (C=O) groups is 1. The van der Waals surface area contributed by atoms with Crippen molar-refractivity contribution < 1.29 is 4.79 Å². The molecule has 0 bridgehead atoms. The Labute approximate surface area is 150 Å². The molecule has 4 rings (SSSR count). The third-order valence-corrected chi connectivity index (χ3v) is 5.51. The molecule has 2 N–H and O–H groups in total. The van der Waals surface area contributed by atoms with Crippen LogP contribution in [0.4, 0.5) is 0 Å². The number of nitrogens with two attached hydrogens (primary N) is 1. The zero-order chi connectivity index (χ0) is 17.4. The van der Waals surface area contributed by atoms with E-state index < -0.39 is 5.91 Å². The smallest absolute Gasteiger partial charge is 0.262 e. The van der Waals surface area contributed by atoms with Crippen molar-refractivity contribution >= 4 is 38.8 Å². The highest BCUT2D eigenvalue weighted by atomic mass is 32.1. The molecule has 6 nitrogen and oxygen atoms in total. The van der Waals surface area contributed by atoms with Crippen molar-refractivity contribution in [1.29, 1.82) is 0 Å². The molecule has 4 aromatic rings. The van der Waals surface area contributed by atoms with Gasteiger partial charge in [-0.05, 0) is 23.6 Å². The monoisotopic (exact) mass is 368 g/mol. The van der Waals surface area contributed by atoms with Crippen molar-refractivity contribution in [3.63, 3.8) is 0 Å². The lowest BCUT2D eigenvalue weighted by molar-refractivity contribution is 0.100. The molecular weight excluding hydrogens is 356 g/mol. The number of nitrogens with zero attached hydrogens (tertiary/aromatic N) is 3. The minimum atomic E-state index is -0.456. The van der Waals surface area contributed by atoms with Crippen molar-refractivity contribution in [1.82, 2.24) is 14.5 Å². The van der Waals surface area contributed by atoms with Crippen LogP contribution in [0.15, 0.2) is 52.2 Å². The molecule has 0 aliphatic heterocycles. The number of amides is 1. The summed E-state index contributed by atoms with van der Waals surface area (Å²) in [4.78, 5) is 33.2. The van der Waals surface area contributed by atoms with Gasteiger partial charge in [0.2, 0.25) is 5.91 Å². The quantitative estimate of drug-likeness (QED) is 0.600. The van der Waals surface area contributed by atoms with Crippen LogP contribution in [-0.4, -0.2) is 20.4 Å². The first-order valence-corrected chi connectivity index (χ1v) is 9.15. The summed E-state index contributed by atoms with van der Waals surface area (Å²) in [6, 6.07) is 8.77. The second-order valence-corrected chi connectivity index (χ2v) is 7.16. The number of aromatic nitrogens is 3.